The zero-order valence-electron chi connectivity index (χ0n) is 14.2. The van der Waals surface area contributed by atoms with Gasteiger partial charge in [-0.3, -0.25) is 4.79 Å². The van der Waals surface area contributed by atoms with Crippen molar-refractivity contribution in [1.29, 1.82) is 5.26 Å². The highest BCUT2D eigenvalue weighted by molar-refractivity contribution is 5.87. The lowest BCUT2D eigenvalue weighted by Crippen LogP contribution is -2.49. The van der Waals surface area contributed by atoms with Crippen LogP contribution in [0.15, 0.2) is 30.3 Å². The first-order chi connectivity index (χ1) is 12.0. The van der Waals surface area contributed by atoms with Crippen LogP contribution < -0.4 is 10.6 Å². The molecule has 0 saturated heterocycles. The van der Waals surface area contributed by atoms with Gasteiger partial charge >= 0.3 is 12.1 Å². The minimum Gasteiger partial charge on any atom is -0.467 e. The maximum Gasteiger partial charge on any atom is 0.407 e. The van der Waals surface area contributed by atoms with Crippen LogP contribution in [0.1, 0.15) is 18.9 Å². The summed E-state index contributed by atoms with van der Waals surface area (Å²) in [5.41, 5.74) is 0.818. The molecule has 25 heavy (non-hydrogen) atoms. The lowest BCUT2D eigenvalue weighted by molar-refractivity contribution is -0.146. The van der Waals surface area contributed by atoms with Crippen molar-refractivity contribution in [3.8, 4) is 6.07 Å². The second kappa shape index (κ2) is 10.6. The van der Waals surface area contributed by atoms with Gasteiger partial charge in [0.2, 0.25) is 5.91 Å². The summed E-state index contributed by atoms with van der Waals surface area (Å²) in [5, 5.41) is 13.5. The molecule has 8 heteroatoms. The second-order valence-corrected chi connectivity index (χ2v) is 5.32. The van der Waals surface area contributed by atoms with E-state index < -0.39 is 29.9 Å². The molecule has 0 saturated carbocycles. The third-order valence-corrected chi connectivity index (χ3v) is 3.36. The molecule has 0 spiro atoms. The van der Waals surface area contributed by atoms with Gasteiger partial charge in [0.1, 0.15) is 19.2 Å². The maximum atomic E-state index is 11.9. The lowest BCUT2D eigenvalue weighted by atomic mass is 9.99. The van der Waals surface area contributed by atoms with Gasteiger partial charge in [-0.2, -0.15) is 5.26 Å². The van der Waals surface area contributed by atoms with E-state index in [2.05, 4.69) is 15.4 Å². The number of carbonyl (C=O) groups excluding carboxylic acids is 3. The predicted molar refractivity (Wildman–Crippen MR) is 88.0 cm³/mol. The van der Waals surface area contributed by atoms with Crippen LogP contribution in [0.4, 0.5) is 4.79 Å². The molecule has 134 valence electrons. The summed E-state index contributed by atoms with van der Waals surface area (Å²) < 4.78 is 9.59. The molecule has 1 rings (SSSR count). The number of nitrogens with one attached hydrogen (secondary N) is 2. The number of hydrogen-bond donors (Lipinski definition) is 2. The molecule has 1 aromatic carbocycles. The molecule has 0 radical (unpaired) electrons. The number of benzene rings is 1. The summed E-state index contributed by atoms with van der Waals surface area (Å²) in [6.45, 7) is 1.37. The number of methoxy groups -OCH3 is 1. The summed E-state index contributed by atoms with van der Waals surface area (Å²) in [6, 6.07) is 10.1. The molecule has 2 atom stereocenters. The number of carbonyl (C=O) groups is 3. The van der Waals surface area contributed by atoms with Gasteiger partial charge in [0.15, 0.2) is 0 Å². The maximum absolute atomic E-state index is 11.9. The van der Waals surface area contributed by atoms with Crippen molar-refractivity contribution in [2.45, 2.75) is 26.0 Å². The summed E-state index contributed by atoms with van der Waals surface area (Å²) in [7, 11) is 1.19. The number of hydrogen-bond acceptors (Lipinski definition) is 6. The number of esters is 1. The highest BCUT2D eigenvalue weighted by Crippen LogP contribution is 2.09. The predicted octanol–water partition coefficient (Wildman–Crippen LogP) is 1.12. The van der Waals surface area contributed by atoms with Gasteiger partial charge in [-0.25, -0.2) is 9.59 Å². The fraction of sp³-hybridized carbons (Fsp3) is 0.412. The van der Waals surface area contributed by atoms with Crippen LogP contribution in [0.2, 0.25) is 0 Å². The molecular weight excluding hydrogens is 326 g/mol. The van der Waals surface area contributed by atoms with Gasteiger partial charge in [-0.1, -0.05) is 37.3 Å². The van der Waals surface area contributed by atoms with E-state index in [0.717, 1.165) is 5.56 Å². The Morgan fingerprint density at radius 1 is 1.24 bits per heavy atom. The van der Waals surface area contributed by atoms with Crippen LogP contribution in [0.3, 0.4) is 0 Å². The first-order valence-corrected chi connectivity index (χ1v) is 7.66. The Labute approximate surface area is 146 Å². The van der Waals surface area contributed by atoms with Crippen LogP contribution in [0.25, 0.3) is 0 Å². The molecule has 0 unspecified atom stereocenters. The van der Waals surface area contributed by atoms with Crippen molar-refractivity contribution in [3.05, 3.63) is 35.9 Å². The average molecular weight is 347 g/mol. The number of alkyl carbamates (subject to hydrolysis) is 1. The van der Waals surface area contributed by atoms with Crippen molar-refractivity contribution in [3.63, 3.8) is 0 Å². The first-order valence-electron chi connectivity index (χ1n) is 7.66. The quantitative estimate of drug-likeness (QED) is 0.681. The Kier molecular flexibility index (Phi) is 8.50. The summed E-state index contributed by atoms with van der Waals surface area (Å²) in [6.07, 6.45) is -0.675. The van der Waals surface area contributed by atoms with E-state index >= 15 is 0 Å². The highest BCUT2D eigenvalue weighted by Gasteiger charge is 2.27. The zero-order valence-corrected chi connectivity index (χ0v) is 14.2. The van der Waals surface area contributed by atoms with Crippen molar-refractivity contribution in [2.75, 3.05) is 13.7 Å². The Morgan fingerprint density at radius 2 is 1.92 bits per heavy atom. The molecule has 0 aliphatic rings. The Morgan fingerprint density at radius 3 is 2.52 bits per heavy atom. The van der Waals surface area contributed by atoms with Crippen LogP contribution >= 0.6 is 0 Å². The van der Waals surface area contributed by atoms with Gasteiger partial charge in [0.25, 0.3) is 0 Å². The van der Waals surface area contributed by atoms with Crippen LogP contribution in [0, 0.1) is 17.2 Å². The normalized spacial score (nSPS) is 12.2. The Bertz CT molecular complexity index is 627. The molecule has 1 aromatic rings. The second-order valence-electron chi connectivity index (χ2n) is 5.32. The van der Waals surface area contributed by atoms with Gasteiger partial charge < -0.3 is 20.1 Å². The number of nitrogens with zero attached hydrogens (tertiary/aromatic N) is 1. The number of amides is 2. The molecular formula is C17H21N3O5. The standard InChI is InChI=1S/C17H21N3O5/c1-12(8-9-18)15(16(22)24-2)20-14(21)10-19-17(23)25-11-13-6-4-3-5-7-13/h3-7,12,15H,8,10-11H2,1-2H3,(H,19,23)(H,20,21)/t12-,15+/m1/s1. The zero-order chi connectivity index (χ0) is 18.7. The van der Waals surface area contributed by atoms with Crippen molar-refractivity contribution >= 4 is 18.0 Å². The fourth-order valence-electron chi connectivity index (χ4n) is 1.97. The van der Waals surface area contributed by atoms with Gasteiger partial charge in [-0.05, 0) is 5.56 Å². The smallest absolute Gasteiger partial charge is 0.407 e. The Balaban J connectivity index is 2.42. The topological polar surface area (TPSA) is 118 Å². The molecule has 2 amide bonds. The molecule has 0 heterocycles. The van der Waals surface area contributed by atoms with E-state index in [9.17, 15) is 14.4 Å². The van der Waals surface area contributed by atoms with Crippen molar-refractivity contribution in [2.24, 2.45) is 5.92 Å². The fourth-order valence-corrected chi connectivity index (χ4v) is 1.97. The number of rotatable bonds is 8. The summed E-state index contributed by atoms with van der Waals surface area (Å²) >= 11 is 0. The van der Waals surface area contributed by atoms with Crippen molar-refractivity contribution in [1.82, 2.24) is 10.6 Å². The average Bonchev–Trinajstić information content (AvgIpc) is 2.63. The lowest BCUT2D eigenvalue weighted by Gasteiger charge is -2.21. The van der Waals surface area contributed by atoms with E-state index in [0.29, 0.717) is 0 Å². The molecule has 0 aliphatic heterocycles. The minimum absolute atomic E-state index is 0.0760. The monoisotopic (exact) mass is 347 g/mol. The molecule has 0 aromatic heterocycles. The minimum atomic E-state index is -0.959. The molecule has 0 fully saturated rings. The third kappa shape index (κ3) is 7.35. The van der Waals surface area contributed by atoms with Crippen LogP contribution in [-0.4, -0.2) is 37.7 Å². The van der Waals surface area contributed by atoms with E-state index in [1.54, 1.807) is 19.1 Å². The van der Waals surface area contributed by atoms with Gasteiger partial charge in [-0.15, -0.1) is 0 Å². The largest absolute Gasteiger partial charge is 0.467 e. The molecule has 0 bridgehead atoms. The molecule has 2 N–H and O–H groups in total. The summed E-state index contributed by atoms with van der Waals surface area (Å²) in [5.74, 6) is -1.66. The van der Waals surface area contributed by atoms with Gasteiger partial charge in [0.05, 0.1) is 13.2 Å². The SMILES string of the molecule is COC(=O)[C@@H](NC(=O)CNC(=O)OCc1ccccc1)[C@H](C)CC#N. The van der Waals surface area contributed by atoms with E-state index in [1.807, 2.05) is 24.3 Å². The Hall–Kier alpha value is -3.08. The number of ether oxygens (including phenoxy) is 2. The summed E-state index contributed by atoms with van der Waals surface area (Å²) in [4.78, 5) is 35.2. The van der Waals surface area contributed by atoms with Crippen molar-refractivity contribution < 1.29 is 23.9 Å². The first kappa shape index (κ1) is 20.0. The third-order valence-electron chi connectivity index (χ3n) is 3.36. The molecule has 0 aliphatic carbocycles. The van der Waals surface area contributed by atoms with Crippen LogP contribution in [0.5, 0.6) is 0 Å². The van der Waals surface area contributed by atoms with Gasteiger partial charge in [0, 0.05) is 12.3 Å². The van der Waals surface area contributed by atoms with E-state index in [1.165, 1.54) is 7.11 Å². The molecule has 8 nitrogen and oxygen atoms in total. The number of nitriles is 1. The highest BCUT2D eigenvalue weighted by atomic mass is 16.5. The van der Waals surface area contributed by atoms with E-state index in [4.69, 9.17) is 10.00 Å². The van der Waals surface area contributed by atoms with E-state index in [-0.39, 0.29) is 19.6 Å². The van der Waals surface area contributed by atoms with Crippen LogP contribution in [-0.2, 0) is 25.7 Å².